The Balaban J connectivity index is 1.64. The molecule has 0 spiro atoms. The molecule has 0 aliphatic carbocycles. The Morgan fingerprint density at radius 1 is 1.24 bits per heavy atom. The molecule has 2 aliphatic rings. The van der Waals surface area contributed by atoms with Crippen LogP contribution in [0.4, 0.5) is 5.69 Å². The van der Waals surface area contributed by atoms with E-state index in [2.05, 4.69) is 28.6 Å². The number of carboxylic acids is 2. The normalized spacial score (nSPS) is 30.5. The van der Waals surface area contributed by atoms with Crippen molar-refractivity contribution in [2.75, 3.05) is 11.9 Å². The molecule has 1 aromatic carbocycles. The molecule has 2 fully saturated rings. The Bertz CT molecular complexity index is 960. The number of aliphatic hydroxyl groups is 1. The maximum Gasteiger partial charge on any atom is 0.335 e. The number of aliphatic carboxylic acids is 1. The number of amides is 1. The minimum Gasteiger partial charge on any atom is -0.480 e. The summed E-state index contributed by atoms with van der Waals surface area (Å²) in [6.45, 7) is 3.83. The molecule has 1 amide bonds. The summed E-state index contributed by atoms with van der Waals surface area (Å²) < 4.78 is 0. The van der Waals surface area contributed by atoms with Crippen molar-refractivity contribution in [2.45, 2.75) is 55.0 Å². The van der Waals surface area contributed by atoms with Crippen molar-refractivity contribution in [2.24, 2.45) is 11.8 Å². The summed E-state index contributed by atoms with van der Waals surface area (Å²) >= 11 is 5.34. The molecule has 0 radical (unpaired) electrons. The van der Waals surface area contributed by atoms with Crippen LogP contribution in [0.15, 0.2) is 24.3 Å². The average Bonchev–Trinajstić information content (AvgIpc) is 3.34. The van der Waals surface area contributed by atoms with Gasteiger partial charge in [0.05, 0.1) is 23.6 Å². The van der Waals surface area contributed by atoms with E-state index in [1.54, 1.807) is 12.1 Å². The quantitative estimate of drug-likeness (QED) is 0.234. The standard InChI is InChI=1S/C22H29N3O7S2/c1-9-16(15(10(2)26)22(32)33)25-17(21(30)31)18(9)34-13-7-14(23-8-13)19(27)24-12-5-3-4-11(6-12)20(28)29/h3-6,9-10,13-18,23,25-26H,7-8H2,1-2H3,(H,24,27)(H,28,29)(H,30,31)(H,32,33)/t9-,10-,13+,14+,15-,16-,17+,18-/m1/s1. The number of carboxylic acid groups (broad SMARTS) is 2. The lowest BCUT2D eigenvalue weighted by Crippen LogP contribution is -2.46. The van der Waals surface area contributed by atoms with Crippen molar-refractivity contribution in [3.63, 3.8) is 0 Å². The summed E-state index contributed by atoms with van der Waals surface area (Å²) in [6, 6.07) is 4.00. The Hall–Kier alpha value is -2.12. The molecule has 10 nitrogen and oxygen atoms in total. The topological polar surface area (TPSA) is 165 Å². The Morgan fingerprint density at radius 3 is 2.53 bits per heavy atom. The predicted molar refractivity (Wildman–Crippen MR) is 130 cm³/mol. The lowest BCUT2D eigenvalue weighted by atomic mass is 9.87. The molecule has 0 bridgehead atoms. The molecule has 12 heteroatoms. The van der Waals surface area contributed by atoms with Crippen molar-refractivity contribution < 1.29 is 34.5 Å². The summed E-state index contributed by atoms with van der Waals surface area (Å²) in [5.41, 5.74) is 0.448. The minimum absolute atomic E-state index is 0.0485. The van der Waals surface area contributed by atoms with Crippen molar-refractivity contribution in [3.8, 4) is 0 Å². The second-order valence-corrected chi connectivity index (χ2v) is 10.7. The molecular formula is C22H29N3O7S2. The number of hydrogen-bond donors (Lipinski definition) is 7. The number of hydrogen-bond acceptors (Lipinski definition) is 8. The number of thioether (sulfide) groups is 1. The third-order valence-electron chi connectivity index (χ3n) is 6.38. The second-order valence-electron chi connectivity index (χ2n) is 8.77. The highest BCUT2D eigenvalue weighted by Crippen LogP contribution is 2.40. The molecule has 8 atom stereocenters. The van der Waals surface area contributed by atoms with Gasteiger partial charge in [0.1, 0.15) is 6.04 Å². The molecular weight excluding hydrogens is 482 g/mol. The number of thiol groups is 1. The van der Waals surface area contributed by atoms with Crippen LogP contribution in [0.5, 0.6) is 0 Å². The van der Waals surface area contributed by atoms with Gasteiger partial charge in [-0.15, -0.1) is 12.6 Å². The van der Waals surface area contributed by atoms with Crippen molar-refractivity contribution in [1.29, 1.82) is 0 Å². The van der Waals surface area contributed by atoms with Gasteiger partial charge < -0.3 is 26.0 Å². The van der Waals surface area contributed by atoms with Gasteiger partial charge in [0, 0.05) is 28.8 Å². The van der Waals surface area contributed by atoms with E-state index in [1.165, 1.54) is 30.8 Å². The number of carbonyl (C=O) groups excluding carboxylic acids is 2. The van der Waals surface area contributed by atoms with E-state index in [4.69, 9.17) is 5.11 Å². The fourth-order valence-corrected chi connectivity index (χ4v) is 6.74. The summed E-state index contributed by atoms with van der Waals surface area (Å²) in [4.78, 5) is 47.7. The number of carbonyl (C=O) groups is 4. The number of aromatic carboxylic acids is 1. The van der Waals surface area contributed by atoms with Gasteiger partial charge in [0.25, 0.3) is 0 Å². The first kappa shape index (κ1) is 26.5. The third kappa shape index (κ3) is 5.92. The van der Waals surface area contributed by atoms with Crippen molar-refractivity contribution in [3.05, 3.63) is 29.8 Å². The van der Waals surface area contributed by atoms with Gasteiger partial charge in [-0.05, 0) is 37.5 Å². The Kier molecular flexibility index (Phi) is 8.63. The van der Waals surface area contributed by atoms with Gasteiger partial charge in [-0.1, -0.05) is 13.0 Å². The highest BCUT2D eigenvalue weighted by Gasteiger charge is 2.50. The molecule has 34 heavy (non-hydrogen) atoms. The van der Waals surface area contributed by atoms with Crippen LogP contribution in [0.2, 0.25) is 0 Å². The van der Waals surface area contributed by atoms with Crippen LogP contribution in [0, 0.1) is 11.8 Å². The molecule has 0 saturated carbocycles. The van der Waals surface area contributed by atoms with Crippen LogP contribution in [0.25, 0.3) is 0 Å². The molecule has 186 valence electrons. The number of aliphatic hydroxyl groups excluding tert-OH is 1. The van der Waals surface area contributed by atoms with Gasteiger partial charge in [0.15, 0.2) is 5.12 Å². The van der Waals surface area contributed by atoms with E-state index >= 15 is 0 Å². The van der Waals surface area contributed by atoms with Gasteiger partial charge in [0.2, 0.25) is 5.91 Å². The highest BCUT2D eigenvalue weighted by molar-refractivity contribution is 8.00. The summed E-state index contributed by atoms with van der Waals surface area (Å²) in [5.74, 6) is -3.51. The maximum atomic E-state index is 12.7. The van der Waals surface area contributed by atoms with Crippen LogP contribution >= 0.6 is 24.4 Å². The largest absolute Gasteiger partial charge is 0.480 e. The summed E-state index contributed by atoms with van der Waals surface area (Å²) in [6.07, 6.45) is -0.523. The number of benzene rings is 1. The summed E-state index contributed by atoms with van der Waals surface area (Å²) in [5, 5.41) is 36.9. The van der Waals surface area contributed by atoms with Crippen LogP contribution in [0.1, 0.15) is 30.6 Å². The molecule has 2 saturated heterocycles. The predicted octanol–water partition coefficient (Wildman–Crippen LogP) is 0.670. The Labute approximate surface area is 206 Å². The van der Waals surface area contributed by atoms with E-state index in [0.29, 0.717) is 18.7 Å². The molecule has 1 aromatic rings. The lowest BCUT2D eigenvalue weighted by Gasteiger charge is -2.28. The number of anilines is 1. The van der Waals surface area contributed by atoms with E-state index in [0.717, 1.165) is 0 Å². The van der Waals surface area contributed by atoms with Gasteiger partial charge in [-0.25, -0.2) is 4.79 Å². The first-order valence-corrected chi connectivity index (χ1v) is 12.3. The van der Waals surface area contributed by atoms with Crippen molar-refractivity contribution >= 4 is 53.0 Å². The smallest absolute Gasteiger partial charge is 0.335 e. The zero-order valence-electron chi connectivity index (χ0n) is 18.7. The molecule has 2 aliphatic heterocycles. The molecule has 6 N–H and O–H groups in total. The van der Waals surface area contributed by atoms with Crippen LogP contribution in [-0.2, 0) is 14.4 Å². The molecule has 0 unspecified atom stereocenters. The van der Waals surface area contributed by atoms with Gasteiger partial charge in [-0.3, -0.25) is 19.7 Å². The number of rotatable bonds is 9. The van der Waals surface area contributed by atoms with E-state index in [-0.39, 0.29) is 27.9 Å². The highest BCUT2D eigenvalue weighted by atomic mass is 32.2. The lowest BCUT2D eigenvalue weighted by molar-refractivity contribution is -0.139. The average molecular weight is 512 g/mol. The van der Waals surface area contributed by atoms with E-state index in [9.17, 15) is 29.4 Å². The monoisotopic (exact) mass is 511 g/mol. The fraction of sp³-hybridized carbons (Fsp3) is 0.545. The van der Waals surface area contributed by atoms with Gasteiger partial charge in [-0.2, -0.15) is 11.8 Å². The van der Waals surface area contributed by atoms with Crippen LogP contribution < -0.4 is 16.0 Å². The van der Waals surface area contributed by atoms with E-state index < -0.39 is 47.2 Å². The zero-order chi connectivity index (χ0) is 25.2. The van der Waals surface area contributed by atoms with Crippen LogP contribution in [-0.4, -0.2) is 79.6 Å². The first-order valence-electron chi connectivity index (χ1n) is 10.9. The first-order chi connectivity index (χ1) is 16.0. The molecule has 3 rings (SSSR count). The van der Waals surface area contributed by atoms with E-state index in [1.807, 2.05) is 6.92 Å². The Morgan fingerprint density at radius 2 is 1.94 bits per heavy atom. The summed E-state index contributed by atoms with van der Waals surface area (Å²) in [7, 11) is 0. The van der Waals surface area contributed by atoms with Gasteiger partial charge >= 0.3 is 11.9 Å². The molecule has 0 aromatic heterocycles. The maximum absolute atomic E-state index is 12.7. The van der Waals surface area contributed by atoms with Crippen LogP contribution in [0.3, 0.4) is 0 Å². The third-order valence-corrected chi connectivity index (χ3v) is 8.43. The molecule has 2 heterocycles. The minimum atomic E-state index is -1.09. The zero-order valence-corrected chi connectivity index (χ0v) is 20.4. The fourth-order valence-electron chi connectivity index (χ4n) is 4.66. The SMILES string of the molecule is C[C@@H]1[C@H]([C@H](C(=O)S)[C@@H](C)O)N[C@H](C(=O)O)[C@@H]1S[C@@H]1CN[C@H](C(=O)Nc2cccc(C(=O)O)c2)C1. The second kappa shape index (κ2) is 11.1. The van der Waals surface area contributed by atoms with Crippen molar-refractivity contribution in [1.82, 2.24) is 10.6 Å². The number of nitrogens with one attached hydrogen (secondary N) is 3.